The summed E-state index contributed by atoms with van der Waals surface area (Å²) in [6.07, 6.45) is 0. The van der Waals surface area contributed by atoms with Gasteiger partial charge >= 0.3 is 5.97 Å². The van der Waals surface area contributed by atoms with Gasteiger partial charge in [0.1, 0.15) is 5.75 Å². The predicted octanol–water partition coefficient (Wildman–Crippen LogP) is 4.10. The largest absolute Gasteiger partial charge is 0.482 e. The number of halogens is 2. The molecule has 0 saturated heterocycles. The van der Waals surface area contributed by atoms with E-state index >= 15 is 0 Å². The van der Waals surface area contributed by atoms with Crippen LogP contribution in [0.25, 0.3) is 0 Å². The van der Waals surface area contributed by atoms with Crippen molar-refractivity contribution in [2.45, 2.75) is 19.9 Å². The van der Waals surface area contributed by atoms with Gasteiger partial charge in [-0.15, -0.1) is 0 Å². The molecule has 1 N–H and O–H groups in total. The fraction of sp³-hybridized carbons (Fsp3) is 0.263. The zero-order chi connectivity index (χ0) is 19.1. The maximum Gasteiger partial charge on any atom is 0.344 e. The number of hydrogen-bond acceptors (Lipinski definition) is 4. The summed E-state index contributed by atoms with van der Waals surface area (Å²) < 4.78 is 10.2. The molecule has 0 fully saturated rings. The van der Waals surface area contributed by atoms with Crippen LogP contribution in [0.3, 0.4) is 0 Å². The highest BCUT2D eigenvalue weighted by molar-refractivity contribution is 6.31. The third-order valence-electron chi connectivity index (χ3n) is 3.60. The van der Waals surface area contributed by atoms with E-state index in [0.29, 0.717) is 15.8 Å². The number of rotatable bonds is 7. The number of benzene rings is 2. The second kappa shape index (κ2) is 9.46. The average molecular weight is 396 g/mol. The van der Waals surface area contributed by atoms with Crippen LogP contribution in [0.4, 0.5) is 0 Å². The van der Waals surface area contributed by atoms with Gasteiger partial charge in [0.2, 0.25) is 0 Å². The van der Waals surface area contributed by atoms with Crippen LogP contribution in [-0.4, -0.2) is 25.1 Å². The molecule has 0 aliphatic rings. The molecule has 7 heteroatoms. The summed E-state index contributed by atoms with van der Waals surface area (Å²) in [4.78, 5) is 23.6. The summed E-state index contributed by atoms with van der Waals surface area (Å²) in [5, 5.41) is 3.98. The Labute approximate surface area is 162 Å². The Hall–Kier alpha value is -2.24. The molecule has 2 aromatic carbocycles. The van der Waals surface area contributed by atoms with Crippen LogP contribution in [0.1, 0.15) is 24.1 Å². The summed E-state index contributed by atoms with van der Waals surface area (Å²) in [6, 6.07) is 12.0. The highest BCUT2D eigenvalue weighted by Gasteiger charge is 2.12. The summed E-state index contributed by atoms with van der Waals surface area (Å²) in [5.41, 5.74) is 1.74. The molecule has 138 valence electrons. The van der Waals surface area contributed by atoms with Gasteiger partial charge in [0.15, 0.2) is 13.2 Å². The number of aryl methyl sites for hydroxylation is 1. The van der Waals surface area contributed by atoms with E-state index in [2.05, 4.69) is 5.32 Å². The van der Waals surface area contributed by atoms with Crippen molar-refractivity contribution in [2.24, 2.45) is 0 Å². The van der Waals surface area contributed by atoms with Gasteiger partial charge < -0.3 is 14.8 Å². The smallest absolute Gasteiger partial charge is 0.344 e. The minimum atomic E-state index is -0.633. The molecule has 0 unspecified atom stereocenters. The Morgan fingerprint density at radius 3 is 2.42 bits per heavy atom. The molecule has 0 aromatic heterocycles. The summed E-state index contributed by atoms with van der Waals surface area (Å²) in [5.74, 6) is -0.528. The van der Waals surface area contributed by atoms with E-state index in [1.165, 1.54) is 0 Å². The molecule has 0 saturated carbocycles. The van der Waals surface area contributed by atoms with Gasteiger partial charge in [0, 0.05) is 10.0 Å². The van der Waals surface area contributed by atoms with E-state index in [1.54, 1.807) is 30.3 Å². The molecule has 2 rings (SSSR count). The number of carbonyl (C=O) groups is 2. The van der Waals surface area contributed by atoms with E-state index in [0.717, 1.165) is 11.1 Å². The monoisotopic (exact) mass is 395 g/mol. The summed E-state index contributed by atoms with van der Waals surface area (Å²) >= 11 is 11.8. The Bertz CT molecular complexity index is 778. The Kier molecular flexibility index (Phi) is 7.30. The van der Waals surface area contributed by atoms with Gasteiger partial charge in [-0.2, -0.15) is 0 Å². The number of carbonyl (C=O) groups excluding carboxylic acids is 2. The maximum absolute atomic E-state index is 11.9. The van der Waals surface area contributed by atoms with Gasteiger partial charge in [-0.25, -0.2) is 4.79 Å². The summed E-state index contributed by atoms with van der Waals surface area (Å²) in [6.45, 7) is 3.00. The average Bonchev–Trinajstić information content (AvgIpc) is 2.61. The van der Waals surface area contributed by atoms with E-state index in [1.807, 2.05) is 26.0 Å². The normalized spacial score (nSPS) is 11.5. The number of nitrogens with one attached hydrogen (secondary N) is 1. The molecule has 0 aliphatic carbocycles. The Morgan fingerprint density at radius 2 is 1.77 bits per heavy atom. The lowest BCUT2D eigenvalue weighted by molar-refractivity contribution is -0.150. The van der Waals surface area contributed by atoms with Gasteiger partial charge in [0.05, 0.1) is 6.04 Å². The molecule has 5 nitrogen and oxygen atoms in total. The number of amides is 1. The van der Waals surface area contributed by atoms with E-state index in [4.69, 9.17) is 32.7 Å². The van der Waals surface area contributed by atoms with Crippen molar-refractivity contribution in [3.8, 4) is 5.75 Å². The van der Waals surface area contributed by atoms with Crippen molar-refractivity contribution < 1.29 is 19.1 Å². The first kappa shape index (κ1) is 20.1. The van der Waals surface area contributed by atoms with Crippen molar-refractivity contribution in [3.05, 3.63) is 63.6 Å². The predicted molar refractivity (Wildman–Crippen MR) is 101 cm³/mol. The van der Waals surface area contributed by atoms with Crippen molar-refractivity contribution >= 4 is 35.1 Å². The Balaban J connectivity index is 1.73. The SMILES string of the molecule is Cc1cc(OCC(=O)OCC(=O)N[C@H](C)c2ccc(Cl)cc2)ccc1Cl. The highest BCUT2D eigenvalue weighted by Crippen LogP contribution is 2.21. The topological polar surface area (TPSA) is 64.6 Å². The quantitative estimate of drug-likeness (QED) is 0.716. The lowest BCUT2D eigenvalue weighted by Gasteiger charge is -2.14. The van der Waals surface area contributed by atoms with Crippen LogP contribution in [-0.2, 0) is 14.3 Å². The molecule has 0 radical (unpaired) electrons. The molecule has 0 spiro atoms. The first-order valence-electron chi connectivity index (χ1n) is 7.94. The molecular formula is C19H19Cl2NO4. The minimum absolute atomic E-state index is 0.230. The Morgan fingerprint density at radius 1 is 1.08 bits per heavy atom. The second-order valence-corrected chi connectivity index (χ2v) is 6.54. The first-order valence-corrected chi connectivity index (χ1v) is 8.70. The first-order chi connectivity index (χ1) is 12.3. The van der Waals surface area contributed by atoms with Gasteiger partial charge in [-0.3, -0.25) is 4.79 Å². The molecule has 2 aromatic rings. The van der Waals surface area contributed by atoms with Gasteiger partial charge in [0.25, 0.3) is 5.91 Å². The van der Waals surface area contributed by atoms with E-state index in [9.17, 15) is 9.59 Å². The lowest BCUT2D eigenvalue weighted by atomic mass is 10.1. The van der Waals surface area contributed by atoms with Crippen molar-refractivity contribution in [3.63, 3.8) is 0 Å². The molecule has 0 heterocycles. The third-order valence-corrected chi connectivity index (χ3v) is 4.27. The zero-order valence-corrected chi connectivity index (χ0v) is 15.9. The maximum atomic E-state index is 11.9. The third kappa shape index (κ3) is 6.24. The van der Waals surface area contributed by atoms with Crippen LogP contribution in [0.5, 0.6) is 5.75 Å². The number of esters is 1. The van der Waals surface area contributed by atoms with Crippen LogP contribution < -0.4 is 10.1 Å². The highest BCUT2D eigenvalue weighted by atomic mass is 35.5. The minimum Gasteiger partial charge on any atom is -0.482 e. The standard InChI is InChI=1S/C19H19Cl2NO4/c1-12-9-16(7-8-17(12)21)25-11-19(24)26-10-18(23)22-13(2)14-3-5-15(20)6-4-14/h3-9,13H,10-11H2,1-2H3,(H,22,23)/t13-/m1/s1. The molecule has 1 atom stereocenters. The molecule has 1 amide bonds. The zero-order valence-electron chi connectivity index (χ0n) is 14.4. The molecular weight excluding hydrogens is 377 g/mol. The number of hydrogen-bond donors (Lipinski definition) is 1. The van der Waals surface area contributed by atoms with Gasteiger partial charge in [-0.05, 0) is 55.3 Å². The van der Waals surface area contributed by atoms with Crippen LogP contribution in [0.2, 0.25) is 10.0 Å². The van der Waals surface area contributed by atoms with E-state index < -0.39 is 11.9 Å². The van der Waals surface area contributed by atoms with Crippen LogP contribution in [0.15, 0.2) is 42.5 Å². The molecule has 26 heavy (non-hydrogen) atoms. The van der Waals surface area contributed by atoms with Crippen molar-refractivity contribution in [2.75, 3.05) is 13.2 Å². The second-order valence-electron chi connectivity index (χ2n) is 5.70. The fourth-order valence-electron chi connectivity index (χ4n) is 2.15. The molecule has 0 aliphatic heterocycles. The van der Waals surface area contributed by atoms with Crippen LogP contribution >= 0.6 is 23.2 Å². The van der Waals surface area contributed by atoms with Gasteiger partial charge in [-0.1, -0.05) is 35.3 Å². The number of ether oxygens (including phenoxy) is 2. The van der Waals surface area contributed by atoms with Crippen molar-refractivity contribution in [1.82, 2.24) is 5.32 Å². The van der Waals surface area contributed by atoms with E-state index in [-0.39, 0.29) is 19.3 Å². The molecule has 0 bridgehead atoms. The van der Waals surface area contributed by atoms with Crippen LogP contribution in [0, 0.1) is 6.92 Å². The fourth-order valence-corrected chi connectivity index (χ4v) is 2.40. The van der Waals surface area contributed by atoms with Crippen molar-refractivity contribution in [1.29, 1.82) is 0 Å². The summed E-state index contributed by atoms with van der Waals surface area (Å²) in [7, 11) is 0. The lowest BCUT2D eigenvalue weighted by Crippen LogP contribution is -2.31.